The van der Waals surface area contributed by atoms with Crippen molar-refractivity contribution < 1.29 is 9.90 Å². The minimum Gasteiger partial charge on any atom is -0.477 e. The van der Waals surface area contributed by atoms with Crippen LogP contribution in [0.3, 0.4) is 0 Å². The van der Waals surface area contributed by atoms with E-state index in [9.17, 15) is 4.79 Å². The Balaban J connectivity index is 0.000000243. The van der Waals surface area contributed by atoms with Gasteiger partial charge in [0, 0.05) is 24.2 Å². The van der Waals surface area contributed by atoms with Crippen molar-refractivity contribution in [3.05, 3.63) is 64.0 Å². The molecule has 168 valence electrons. The molecule has 0 aliphatic heterocycles. The smallest absolute Gasteiger partial charge is 0.354 e. The first kappa shape index (κ1) is 23.7. The number of fused-ring (bicyclic) bond motifs is 1. The van der Waals surface area contributed by atoms with Gasteiger partial charge < -0.3 is 5.11 Å². The molecule has 1 heterocycles. The molecule has 5 heteroatoms. The number of rotatable bonds is 3. The van der Waals surface area contributed by atoms with Crippen molar-refractivity contribution in [2.45, 2.75) is 59.3 Å². The predicted molar refractivity (Wildman–Crippen MR) is 127 cm³/mol. The quantitative estimate of drug-likeness (QED) is 0.669. The molecule has 1 saturated carbocycles. The highest BCUT2D eigenvalue weighted by molar-refractivity contribution is 6.04. The summed E-state index contributed by atoms with van der Waals surface area (Å²) in [6.07, 6.45) is 7.31. The summed E-state index contributed by atoms with van der Waals surface area (Å²) in [5.41, 5.74) is 6.26. The summed E-state index contributed by atoms with van der Waals surface area (Å²) in [6.45, 7) is 6.34. The molecular weight excluding hydrogens is 398 g/mol. The summed E-state index contributed by atoms with van der Waals surface area (Å²) in [6, 6.07) is 11.4. The van der Waals surface area contributed by atoms with Gasteiger partial charge in [-0.05, 0) is 62.3 Å². The summed E-state index contributed by atoms with van der Waals surface area (Å²) in [4.78, 5) is 20.0. The highest BCUT2D eigenvalue weighted by atomic mass is 16.4. The summed E-state index contributed by atoms with van der Waals surface area (Å²) in [5, 5.41) is 17.7. The van der Waals surface area contributed by atoms with E-state index in [1.165, 1.54) is 31.2 Å². The summed E-state index contributed by atoms with van der Waals surface area (Å²) in [5.74, 6) is 0.986. The molecule has 0 amide bonds. The Morgan fingerprint density at radius 3 is 2.50 bits per heavy atom. The van der Waals surface area contributed by atoms with Crippen LogP contribution >= 0.6 is 0 Å². The number of carbonyl (C=O) groups is 1. The van der Waals surface area contributed by atoms with Crippen LogP contribution in [0.25, 0.3) is 0 Å². The fourth-order valence-corrected chi connectivity index (χ4v) is 5.22. The number of carboxylic acid groups (broad SMARTS) is 1. The predicted octanol–water partition coefficient (Wildman–Crippen LogP) is 5.76. The first-order valence-corrected chi connectivity index (χ1v) is 11.5. The lowest BCUT2D eigenvalue weighted by Crippen LogP contribution is -2.32. The lowest BCUT2D eigenvalue weighted by atomic mass is 9.72. The molecule has 0 saturated heterocycles. The Bertz CT molecular complexity index is 1050. The maximum atomic E-state index is 11.1. The average Bonchev–Trinajstić information content (AvgIpc) is 3.33. The third kappa shape index (κ3) is 5.24. The topological polar surface area (TPSA) is 86.3 Å². The van der Waals surface area contributed by atoms with E-state index in [1.54, 1.807) is 6.07 Å². The van der Waals surface area contributed by atoms with Gasteiger partial charge in [-0.3, -0.25) is 4.99 Å². The van der Waals surface area contributed by atoms with Gasteiger partial charge in [-0.15, -0.1) is 0 Å². The van der Waals surface area contributed by atoms with E-state index >= 15 is 0 Å². The van der Waals surface area contributed by atoms with Gasteiger partial charge in [-0.2, -0.15) is 5.26 Å². The molecule has 32 heavy (non-hydrogen) atoms. The second-order valence-electron chi connectivity index (χ2n) is 9.08. The number of hydrogen-bond donors (Lipinski definition) is 1. The van der Waals surface area contributed by atoms with Crippen LogP contribution in [0, 0.1) is 42.9 Å². The molecule has 5 nitrogen and oxygen atoms in total. The Labute approximate surface area is 191 Å². The fourth-order valence-electron chi connectivity index (χ4n) is 5.22. The molecule has 0 radical (unpaired) electrons. The van der Waals surface area contributed by atoms with E-state index in [0.29, 0.717) is 11.8 Å². The van der Waals surface area contributed by atoms with Crippen molar-refractivity contribution in [3.8, 4) is 6.07 Å². The van der Waals surface area contributed by atoms with Gasteiger partial charge in [0.25, 0.3) is 0 Å². The summed E-state index contributed by atoms with van der Waals surface area (Å²) < 4.78 is 0. The molecule has 2 unspecified atom stereocenters. The zero-order chi connectivity index (χ0) is 23.3. The number of aryl methyl sites for hydroxylation is 3. The van der Waals surface area contributed by atoms with Crippen LogP contribution in [-0.4, -0.2) is 28.8 Å². The van der Waals surface area contributed by atoms with E-state index in [1.807, 2.05) is 45.2 Å². The van der Waals surface area contributed by atoms with Gasteiger partial charge in [-0.25, -0.2) is 9.78 Å². The molecular formula is C27H33N3O2. The fraction of sp³-hybridized carbons (Fsp3) is 0.481. The Morgan fingerprint density at radius 1 is 1.19 bits per heavy atom. The lowest BCUT2D eigenvalue weighted by molar-refractivity contribution is 0.0690. The number of nitriles is 1. The number of carboxylic acids is 1. The Morgan fingerprint density at radius 2 is 1.91 bits per heavy atom. The van der Waals surface area contributed by atoms with E-state index in [-0.39, 0.29) is 5.69 Å². The first-order chi connectivity index (χ1) is 15.3. The second kappa shape index (κ2) is 10.5. The van der Waals surface area contributed by atoms with E-state index in [4.69, 9.17) is 10.4 Å². The van der Waals surface area contributed by atoms with E-state index in [2.05, 4.69) is 23.0 Å². The Hall–Kier alpha value is -3.00. The number of pyridine rings is 1. The third-order valence-electron chi connectivity index (χ3n) is 7.03. The van der Waals surface area contributed by atoms with Gasteiger partial charge in [0.05, 0.1) is 17.3 Å². The SMILES string of the molecule is CN=C1c2ccc(C(=O)O)nc2CCC1C(C)C1CCCC1.Cc1ccc(C#N)c(C)c1. The molecule has 4 rings (SSSR count). The number of benzene rings is 1. The van der Waals surface area contributed by atoms with Crippen LogP contribution in [0.15, 0.2) is 35.3 Å². The molecule has 1 N–H and O–H groups in total. The van der Waals surface area contributed by atoms with Gasteiger partial charge in [0.1, 0.15) is 5.69 Å². The van der Waals surface area contributed by atoms with Crippen LogP contribution in [0.1, 0.15) is 77.5 Å². The van der Waals surface area contributed by atoms with Gasteiger partial charge in [-0.1, -0.05) is 50.3 Å². The van der Waals surface area contributed by atoms with Gasteiger partial charge in [0.2, 0.25) is 0 Å². The molecule has 1 fully saturated rings. The standard InChI is InChI=1S/C18H24N2O2.C9H9N/c1-11(12-5-3-4-6-12)13-7-9-15-14(17(13)19-2)8-10-16(20-15)18(21)22;1-7-3-4-9(6-10)8(2)5-7/h8,10-13H,3-7,9H2,1-2H3,(H,21,22);3-5H,1-2H3. The average molecular weight is 432 g/mol. The number of hydrogen-bond acceptors (Lipinski definition) is 4. The molecule has 0 spiro atoms. The summed E-state index contributed by atoms with van der Waals surface area (Å²) in [7, 11) is 1.85. The summed E-state index contributed by atoms with van der Waals surface area (Å²) >= 11 is 0. The minimum absolute atomic E-state index is 0.136. The maximum Gasteiger partial charge on any atom is 0.354 e. The van der Waals surface area contributed by atoms with Crippen LogP contribution in [0.4, 0.5) is 0 Å². The van der Waals surface area contributed by atoms with E-state index < -0.39 is 5.97 Å². The second-order valence-corrected chi connectivity index (χ2v) is 9.08. The molecule has 2 aromatic rings. The molecule has 2 atom stereocenters. The zero-order valence-corrected chi connectivity index (χ0v) is 19.6. The largest absolute Gasteiger partial charge is 0.477 e. The third-order valence-corrected chi connectivity index (χ3v) is 7.03. The minimum atomic E-state index is -0.959. The van der Waals surface area contributed by atoms with Crippen molar-refractivity contribution in [1.29, 1.82) is 5.26 Å². The number of aromatic nitrogens is 1. The van der Waals surface area contributed by atoms with Crippen molar-refractivity contribution in [1.82, 2.24) is 4.98 Å². The van der Waals surface area contributed by atoms with Crippen molar-refractivity contribution >= 4 is 11.7 Å². The molecule has 0 bridgehead atoms. The van der Waals surface area contributed by atoms with Crippen LogP contribution in [0.2, 0.25) is 0 Å². The van der Waals surface area contributed by atoms with Crippen molar-refractivity contribution in [2.24, 2.45) is 22.7 Å². The molecule has 2 aliphatic rings. The van der Waals surface area contributed by atoms with Crippen LogP contribution in [0.5, 0.6) is 0 Å². The lowest BCUT2D eigenvalue weighted by Gasteiger charge is -2.33. The van der Waals surface area contributed by atoms with Gasteiger partial charge >= 0.3 is 5.97 Å². The van der Waals surface area contributed by atoms with E-state index in [0.717, 1.165) is 46.9 Å². The monoisotopic (exact) mass is 431 g/mol. The number of aromatic carboxylic acids is 1. The zero-order valence-electron chi connectivity index (χ0n) is 19.6. The van der Waals surface area contributed by atoms with Crippen molar-refractivity contribution in [3.63, 3.8) is 0 Å². The highest BCUT2D eigenvalue weighted by Crippen LogP contribution is 2.40. The molecule has 1 aromatic carbocycles. The maximum absolute atomic E-state index is 11.1. The number of aliphatic imine (C=N–C) groups is 1. The number of nitrogens with zero attached hydrogens (tertiary/aromatic N) is 3. The van der Waals surface area contributed by atoms with Gasteiger partial charge in [0.15, 0.2) is 0 Å². The van der Waals surface area contributed by atoms with Crippen LogP contribution < -0.4 is 0 Å². The van der Waals surface area contributed by atoms with Crippen molar-refractivity contribution in [2.75, 3.05) is 7.05 Å². The molecule has 1 aromatic heterocycles. The highest BCUT2D eigenvalue weighted by Gasteiger charge is 2.35. The van der Waals surface area contributed by atoms with Crippen LogP contribution in [-0.2, 0) is 6.42 Å². The normalized spacial score (nSPS) is 20.1. The molecule has 2 aliphatic carbocycles. The first-order valence-electron chi connectivity index (χ1n) is 11.5. The Kier molecular flexibility index (Phi) is 7.80.